The average molecular weight is 422 g/mol. The Morgan fingerprint density at radius 3 is 2.54 bits per heavy atom. The number of furan rings is 1. The van der Waals surface area contributed by atoms with Crippen molar-refractivity contribution in [1.82, 2.24) is 5.32 Å². The van der Waals surface area contributed by atoms with Crippen molar-refractivity contribution in [1.29, 1.82) is 0 Å². The van der Waals surface area contributed by atoms with Crippen molar-refractivity contribution in [2.45, 2.75) is 13.5 Å². The van der Waals surface area contributed by atoms with Crippen molar-refractivity contribution in [3.05, 3.63) is 81.1 Å². The van der Waals surface area contributed by atoms with Gasteiger partial charge in [-0.3, -0.25) is 10.1 Å². The molecule has 0 amide bonds. The van der Waals surface area contributed by atoms with Crippen molar-refractivity contribution in [2.75, 3.05) is 18.4 Å². The fraction of sp³-hybridized carbons (Fsp3) is 0.200. The van der Waals surface area contributed by atoms with Crippen LogP contribution in [0.3, 0.4) is 0 Å². The molecule has 0 saturated carbocycles. The number of non-ortho nitro benzene ring substituents is 1. The van der Waals surface area contributed by atoms with Gasteiger partial charge in [0.2, 0.25) is 0 Å². The summed E-state index contributed by atoms with van der Waals surface area (Å²) < 4.78 is 5.90. The fourth-order valence-electron chi connectivity index (χ4n) is 2.70. The lowest BCUT2D eigenvalue weighted by atomic mass is 10.1. The van der Waals surface area contributed by atoms with Gasteiger partial charge in [0.1, 0.15) is 11.5 Å². The fourth-order valence-corrected chi connectivity index (χ4v) is 2.87. The zero-order chi connectivity index (χ0) is 19.2. The Morgan fingerprint density at radius 2 is 1.82 bits per heavy atom. The molecule has 6 nitrogen and oxygen atoms in total. The lowest BCUT2D eigenvalue weighted by Crippen LogP contribution is -2.21. The summed E-state index contributed by atoms with van der Waals surface area (Å²) in [6, 6.07) is 16.0. The highest BCUT2D eigenvalue weighted by molar-refractivity contribution is 6.31. The largest absolute Gasteiger partial charge is 0.460 e. The molecule has 148 valence electrons. The maximum atomic E-state index is 10.6. The monoisotopic (exact) mass is 421 g/mol. The number of halogens is 2. The maximum Gasteiger partial charge on any atom is 0.269 e. The van der Waals surface area contributed by atoms with E-state index in [-0.39, 0.29) is 18.1 Å². The van der Waals surface area contributed by atoms with Crippen LogP contribution in [0.2, 0.25) is 5.02 Å². The van der Waals surface area contributed by atoms with Crippen LogP contribution in [0.4, 0.5) is 11.4 Å². The molecule has 0 aliphatic rings. The van der Waals surface area contributed by atoms with Gasteiger partial charge in [-0.1, -0.05) is 23.7 Å². The van der Waals surface area contributed by atoms with Gasteiger partial charge in [-0.2, -0.15) is 0 Å². The van der Waals surface area contributed by atoms with Gasteiger partial charge in [0.25, 0.3) is 5.69 Å². The van der Waals surface area contributed by atoms with Crippen LogP contribution in [-0.4, -0.2) is 18.0 Å². The SMILES string of the molecule is Cc1c(Cl)cccc1-c1ccc(CNCCNc2ccc([N+](=O)[O-])cc2)o1.Cl. The first-order chi connectivity index (χ1) is 13.0. The van der Waals surface area contributed by atoms with Crippen LogP contribution in [-0.2, 0) is 6.54 Å². The Hall–Kier alpha value is -2.54. The lowest BCUT2D eigenvalue weighted by molar-refractivity contribution is -0.384. The van der Waals surface area contributed by atoms with Crippen LogP contribution in [0.25, 0.3) is 11.3 Å². The van der Waals surface area contributed by atoms with E-state index < -0.39 is 4.92 Å². The predicted molar refractivity (Wildman–Crippen MR) is 114 cm³/mol. The van der Waals surface area contributed by atoms with E-state index in [4.69, 9.17) is 16.0 Å². The Morgan fingerprint density at radius 1 is 1.07 bits per heavy atom. The highest BCUT2D eigenvalue weighted by Crippen LogP contribution is 2.29. The van der Waals surface area contributed by atoms with Crippen LogP contribution < -0.4 is 10.6 Å². The second-order valence-corrected chi connectivity index (χ2v) is 6.49. The molecule has 2 N–H and O–H groups in total. The summed E-state index contributed by atoms with van der Waals surface area (Å²) in [4.78, 5) is 10.2. The molecule has 0 aliphatic heterocycles. The highest BCUT2D eigenvalue weighted by atomic mass is 35.5. The third kappa shape index (κ3) is 5.48. The number of nitrogens with one attached hydrogen (secondary N) is 2. The van der Waals surface area contributed by atoms with Crippen LogP contribution >= 0.6 is 24.0 Å². The van der Waals surface area contributed by atoms with Crippen molar-refractivity contribution in [3.63, 3.8) is 0 Å². The molecule has 0 spiro atoms. The zero-order valence-electron chi connectivity index (χ0n) is 15.3. The number of hydrogen-bond acceptors (Lipinski definition) is 5. The van der Waals surface area contributed by atoms with Crippen LogP contribution in [0.15, 0.2) is 59.0 Å². The minimum absolute atomic E-state index is 0. The molecule has 0 atom stereocenters. The van der Waals surface area contributed by atoms with Crippen molar-refractivity contribution < 1.29 is 9.34 Å². The van der Waals surface area contributed by atoms with E-state index in [2.05, 4.69) is 10.6 Å². The summed E-state index contributed by atoms with van der Waals surface area (Å²) in [5, 5.41) is 17.9. The molecule has 0 saturated heterocycles. The third-order valence-corrected chi connectivity index (χ3v) is 4.61. The second-order valence-electron chi connectivity index (χ2n) is 6.09. The molecule has 1 aromatic heterocycles. The normalized spacial score (nSPS) is 10.4. The van der Waals surface area contributed by atoms with Gasteiger partial charge in [-0.05, 0) is 42.8 Å². The number of rotatable bonds is 8. The van der Waals surface area contributed by atoms with Gasteiger partial charge in [0, 0.05) is 41.5 Å². The quantitative estimate of drug-likeness (QED) is 0.287. The standard InChI is InChI=1S/C20H20ClN3O3.ClH/c1-14-18(3-2-4-19(14)21)20-10-9-17(27-20)13-22-11-12-23-15-5-7-16(8-6-15)24(25)26;/h2-10,22-23H,11-13H2,1H3;1H. The summed E-state index contributed by atoms with van der Waals surface area (Å²) in [5.74, 6) is 1.65. The van der Waals surface area contributed by atoms with Crippen molar-refractivity contribution in [2.24, 2.45) is 0 Å². The van der Waals surface area contributed by atoms with E-state index in [1.165, 1.54) is 12.1 Å². The summed E-state index contributed by atoms with van der Waals surface area (Å²) in [6.07, 6.45) is 0. The van der Waals surface area contributed by atoms with Crippen LogP contribution in [0.1, 0.15) is 11.3 Å². The molecule has 0 bridgehead atoms. The summed E-state index contributed by atoms with van der Waals surface area (Å²) in [5.41, 5.74) is 2.93. The lowest BCUT2D eigenvalue weighted by Gasteiger charge is -2.07. The first-order valence-corrected chi connectivity index (χ1v) is 8.95. The summed E-state index contributed by atoms with van der Waals surface area (Å²) in [7, 11) is 0. The Labute approximate surface area is 174 Å². The number of nitro benzene ring substituents is 1. The first kappa shape index (κ1) is 21.8. The minimum Gasteiger partial charge on any atom is -0.460 e. The van der Waals surface area contributed by atoms with E-state index in [1.807, 2.05) is 37.3 Å². The highest BCUT2D eigenvalue weighted by Gasteiger charge is 2.09. The van der Waals surface area contributed by atoms with Gasteiger partial charge in [0.15, 0.2) is 0 Å². The maximum absolute atomic E-state index is 10.6. The molecular weight excluding hydrogens is 401 g/mol. The number of nitrogens with zero attached hydrogens (tertiary/aromatic N) is 1. The van der Waals surface area contributed by atoms with E-state index in [0.29, 0.717) is 13.1 Å². The van der Waals surface area contributed by atoms with Gasteiger partial charge in [-0.15, -0.1) is 12.4 Å². The smallest absolute Gasteiger partial charge is 0.269 e. The third-order valence-electron chi connectivity index (χ3n) is 4.20. The molecule has 3 rings (SSSR count). The van der Waals surface area contributed by atoms with Gasteiger partial charge >= 0.3 is 0 Å². The topological polar surface area (TPSA) is 80.3 Å². The molecule has 2 aromatic carbocycles. The summed E-state index contributed by atoms with van der Waals surface area (Å²) >= 11 is 6.17. The average Bonchev–Trinajstić information content (AvgIpc) is 3.13. The predicted octanol–water partition coefficient (Wildman–Crippen LogP) is 5.44. The van der Waals surface area contributed by atoms with Gasteiger partial charge in [0.05, 0.1) is 11.5 Å². The summed E-state index contributed by atoms with van der Waals surface area (Å²) in [6.45, 7) is 4.01. The first-order valence-electron chi connectivity index (χ1n) is 8.58. The molecular formula is C20H21Cl2N3O3. The van der Waals surface area contributed by atoms with E-state index in [9.17, 15) is 10.1 Å². The van der Waals surface area contributed by atoms with Crippen molar-refractivity contribution in [3.8, 4) is 11.3 Å². The molecule has 0 fully saturated rings. The van der Waals surface area contributed by atoms with Gasteiger partial charge < -0.3 is 15.1 Å². The number of anilines is 1. The van der Waals surface area contributed by atoms with Crippen LogP contribution in [0, 0.1) is 17.0 Å². The number of hydrogen-bond donors (Lipinski definition) is 2. The molecule has 8 heteroatoms. The minimum atomic E-state index is -0.409. The van der Waals surface area contributed by atoms with Gasteiger partial charge in [-0.25, -0.2) is 0 Å². The Balaban J connectivity index is 0.00000280. The van der Waals surface area contributed by atoms with E-state index >= 15 is 0 Å². The zero-order valence-corrected chi connectivity index (χ0v) is 16.8. The Kier molecular flexibility index (Phi) is 7.87. The molecule has 28 heavy (non-hydrogen) atoms. The van der Waals surface area contributed by atoms with Crippen LogP contribution in [0.5, 0.6) is 0 Å². The Bertz CT molecular complexity index is 927. The second kappa shape index (κ2) is 10.1. The van der Waals surface area contributed by atoms with E-state index in [0.717, 1.165) is 39.9 Å². The molecule has 0 unspecified atom stereocenters. The molecule has 0 radical (unpaired) electrons. The number of nitro groups is 1. The number of benzene rings is 2. The molecule has 0 aliphatic carbocycles. The molecule has 1 heterocycles. The van der Waals surface area contributed by atoms with Crippen molar-refractivity contribution >= 4 is 35.4 Å². The molecule has 3 aromatic rings. The van der Waals surface area contributed by atoms with E-state index in [1.54, 1.807) is 12.1 Å².